The second kappa shape index (κ2) is 6.29. The Hall–Kier alpha value is -0.520. The van der Waals surface area contributed by atoms with Crippen molar-refractivity contribution in [2.24, 2.45) is 11.3 Å². The normalized spacial score (nSPS) is 26.9. The Balaban J connectivity index is 2.21. The average Bonchev–Trinajstić information content (AvgIpc) is 2.42. The summed E-state index contributed by atoms with van der Waals surface area (Å²) in [6, 6.07) is 8.57. The summed E-state index contributed by atoms with van der Waals surface area (Å²) < 4.78 is 0.988. The Morgan fingerprint density at radius 3 is 2.95 bits per heavy atom. The lowest BCUT2D eigenvalue weighted by molar-refractivity contribution is 0.194. The molecule has 2 rings (SSSR count). The molecule has 1 aromatic rings. The van der Waals surface area contributed by atoms with E-state index >= 15 is 0 Å². The van der Waals surface area contributed by atoms with Crippen molar-refractivity contribution in [3.05, 3.63) is 33.3 Å². The monoisotopic (exact) mass is 339 g/mol. The maximum Gasteiger partial charge on any atom is 0.0693 e. The molecule has 1 aliphatic carbocycles. The number of nitriles is 1. The Morgan fingerprint density at radius 1 is 1.53 bits per heavy atom. The van der Waals surface area contributed by atoms with Crippen LogP contribution in [0.5, 0.6) is 0 Å². The molecule has 0 bridgehead atoms. The third kappa shape index (κ3) is 3.52. The molecular weight excluding hydrogens is 322 g/mol. The number of benzene rings is 1. The van der Waals surface area contributed by atoms with Gasteiger partial charge in [0.15, 0.2) is 0 Å². The Bertz CT molecular complexity index is 494. The molecule has 0 saturated heterocycles. The van der Waals surface area contributed by atoms with Gasteiger partial charge in [-0.1, -0.05) is 59.8 Å². The molecule has 19 heavy (non-hydrogen) atoms. The molecule has 1 fully saturated rings. The quantitative estimate of drug-likeness (QED) is 0.686. The molecule has 2 unspecified atom stereocenters. The lowest BCUT2D eigenvalue weighted by Crippen LogP contribution is -2.29. The Labute approximate surface area is 129 Å². The fraction of sp³-hybridized carbons (Fsp3) is 0.562. The van der Waals surface area contributed by atoms with E-state index in [9.17, 15) is 5.26 Å². The van der Waals surface area contributed by atoms with Gasteiger partial charge in [0, 0.05) is 9.50 Å². The van der Waals surface area contributed by atoms with E-state index in [1.165, 1.54) is 19.3 Å². The lowest BCUT2D eigenvalue weighted by atomic mass is 9.67. The topological polar surface area (TPSA) is 23.8 Å². The summed E-state index contributed by atoms with van der Waals surface area (Å²) in [5.74, 6) is 0.697. The molecule has 0 aliphatic heterocycles. The summed E-state index contributed by atoms with van der Waals surface area (Å²) in [7, 11) is 0. The van der Waals surface area contributed by atoms with Gasteiger partial charge in [-0.15, -0.1) is 0 Å². The van der Waals surface area contributed by atoms with Crippen molar-refractivity contribution in [1.29, 1.82) is 5.26 Å². The minimum absolute atomic E-state index is 0.212. The molecule has 0 spiro atoms. The van der Waals surface area contributed by atoms with E-state index in [4.69, 9.17) is 11.6 Å². The largest absolute Gasteiger partial charge is 0.198 e. The van der Waals surface area contributed by atoms with Crippen LogP contribution >= 0.6 is 27.5 Å². The first-order chi connectivity index (χ1) is 9.08. The molecule has 2 atom stereocenters. The van der Waals surface area contributed by atoms with Gasteiger partial charge in [0.05, 0.1) is 11.5 Å². The fourth-order valence-corrected chi connectivity index (χ4v) is 3.91. The minimum Gasteiger partial charge on any atom is -0.198 e. The standard InChI is InChI=1S/C16H19BrClN/c1-2-12-4-3-7-16(9-12,11-19)10-13-5-6-14(17)8-15(13)18/h5-6,8,12H,2-4,7,9-10H2,1H3. The maximum absolute atomic E-state index is 9.66. The van der Waals surface area contributed by atoms with Crippen molar-refractivity contribution in [3.63, 3.8) is 0 Å². The summed E-state index contributed by atoms with van der Waals surface area (Å²) in [6.45, 7) is 2.23. The first-order valence-electron chi connectivity index (χ1n) is 6.94. The van der Waals surface area contributed by atoms with Gasteiger partial charge in [0.1, 0.15) is 0 Å². The van der Waals surface area contributed by atoms with Crippen LogP contribution in [-0.4, -0.2) is 0 Å². The first-order valence-corrected chi connectivity index (χ1v) is 8.11. The van der Waals surface area contributed by atoms with Crippen LogP contribution in [0, 0.1) is 22.7 Å². The van der Waals surface area contributed by atoms with E-state index in [1.54, 1.807) is 0 Å². The number of hydrogen-bond acceptors (Lipinski definition) is 1. The Morgan fingerprint density at radius 2 is 2.32 bits per heavy atom. The van der Waals surface area contributed by atoms with Crippen LogP contribution in [0.15, 0.2) is 22.7 Å². The molecule has 1 saturated carbocycles. The zero-order valence-corrected chi connectivity index (χ0v) is 13.6. The summed E-state index contributed by atoms with van der Waals surface area (Å²) in [6.07, 6.45) is 6.43. The molecule has 102 valence electrons. The fourth-order valence-electron chi connectivity index (χ4n) is 3.17. The van der Waals surface area contributed by atoms with Crippen molar-refractivity contribution >= 4 is 27.5 Å². The van der Waals surface area contributed by atoms with Crippen molar-refractivity contribution in [3.8, 4) is 6.07 Å². The Kier molecular flexibility index (Phi) is 4.92. The predicted molar refractivity (Wildman–Crippen MR) is 83.2 cm³/mol. The van der Waals surface area contributed by atoms with Gasteiger partial charge in [-0.05, 0) is 42.9 Å². The van der Waals surface area contributed by atoms with Gasteiger partial charge in [0.25, 0.3) is 0 Å². The molecule has 0 aromatic heterocycles. The third-order valence-corrected chi connectivity index (χ3v) is 5.15. The van der Waals surface area contributed by atoms with Crippen LogP contribution in [0.4, 0.5) is 0 Å². The summed E-state index contributed by atoms with van der Waals surface area (Å²) >= 11 is 9.72. The molecule has 1 nitrogen and oxygen atoms in total. The zero-order chi connectivity index (χ0) is 13.9. The molecule has 1 aromatic carbocycles. The number of rotatable bonds is 3. The highest BCUT2D eigenvalue weighted by molar-refractivity contribution is 9.10. The number of nitrogens with zero attached hydrogens (tertiary/aromatic N) is 1. The van der Waals surface area contributed by atoms with E-state index in [0.29, 0.717) is 5.92 Å². The van der Waals surface area contributed by atoms with Gasteiger partial charge in [-0.2, -0.15) is 5.26 Å². The zero-order valence-electron chi connectivity index (χ0n) is 11.3. The van der Waals surface area contributed by atoms with Gasteiger partial charge in [-0.25, -0.2) is 0 Å². The molecule has 0 heterocycles. The van der Waals surface area contributed by atoms with Crippen LogP contribution < -0.4 is 0 Å². The van der Waals surface area contributed by atoms with Crippen molar-refractivity contribution in [1.82, 2.24) is 0 Å². The smallest absolute Gasteiger partial charge is 0.0693 e. The SMILES string of the molecule is CCC1CCCC(C#N)(Cc2ccc(Br)cc2Cl)C1. The van der Waals surface area contributed by atoms with Crippen LogP contribution in [0.1, 0.15) is 44.6 Å². The van der Waals surface area contributed by atoms with Gasteiger partial charge < -0.3 is 0 Å². The summed E-state index contributed by atoms with van der Waals surface area (Å²) in [5.41, 5.74) is 0.888. The van der Waals surface area contributed by atoms with Gasteiger partial charge >= 0.3 is 0 Å². The second-order valence-corrected chi connectivity index (χ2v) is 7.00. The lowest BCUT2D eigenvalue weighted by Gasteiger charge is -2.35. The van der Waals surface area contributed by atoms with Crippen LogP contribution in [0.3, 0.4) is 0 Å². The highest BCUT2D eigenvalue weighted by Crippen LogP contribution is 2.43. The van der Waals surface area contributed by atoms with E-state index in [1.807, 2.05) is 18.2 Å². The predicted octanol–water partition coefficient (Wildman–Crippen LogP) is 5.76. The summed E-state index contributed by atoms with van der Waals surface area (Å²) in [4.78, 5) is 0. The highest BCUT2D eigenvalue weighted by atomic mass is 79.9. The van der Waals surface area contributed by atoms with Crippen molar-refractivity contribution in [2.75, 3.05) is 0 Å². The third-order valence-electron chi connectivity index (χ3n) is 4.31. The van der Waals surface area contributed by atoms with Crippen LogP contribution in [0.25, 0.3) is 0 Å². The van der Waals surface area contributed by atoms with Crippen LogP contribution in [0.2, 0.25) is 5.02 Å². The van der Waals surface area contributed by atoms with Crippen molar-refractivity contribution < 1.29 is 0 Å². The molecular formula is C16H19BrClN. The van der Waals surface area contributed by atoms with Gasteiger partial charge in [-0.3, -0.25) is 0 Å². The molecule has 0 N–H and O–H groups in total. The van der Waals surface area contributed by atoms with E-state index in [-0.39, 0.29) is 5.41 Å². The van der Waals surface area contributed by atoms with Gasteiger partial charge in [0.2, 0.25) is 0 Å². The van der Waals surface area contributed by atoms with E-state index in [0.717, 1.165) is 34.3 Å². The van der Waals surface area contributed by atoms with Crippen molar-refractivity contribution in [2.45, 2.75) is 45.4 Å². The molecule has 0 amide bonds. The number of hydrogen-bond donors (Lipinski definition) is 0. The van der Waals surface area contributed by atoms with E-state index < -0.39 is 0 Å². The minimum atomic E-state index is -0.212. The maximum atomic E-state index is 9.66. The first kappa shape index (κ1) is 14.9. The van der Waals surface area contributed by atoms with E-state index in [2.05, 4.69) is 28.9 Å². The molecule has 1 aliphatic rings. The molecule has 0 radical (unpaired) electrons. The second-order valence-electron chi connectivity index (χ2n) is 5.68. The summed E-state index contributed by atoms with van der Waals surface area (Å²) in [5, 5.41) is 10.4. The number of halogens is 2. The van der Waals surface area contributed by atoms with Crippen LogP contribution in [-0.2, 0) is 6.42 Å². The average molecular weight is 341 g/mol. The highest BCUT2D eigenvalue weighted by Gasteiger charge is 2.36. The molecule has 3 heteroatoms.